The molecule has 26 heavy (non-hydrogen) atoms. The van der Waals surface area contributed by atoms with Gasteiger partial charge in [0.05, 0.1) is 35.5 Å². The molecule has 4 heterocycles. The molecule has 0 radical (unpaired) electrons. The first-order valence-electron chi connectivity index (χ1n) is 8.93. The SMILES string of the molecule is CC(C)Oc1cc2c(cn1)NC(=O)C2=Cc1cnc(C2CCOCC2)[nH]1. The molecule has 136 valence electrons. The second kappa shape index (κ2) is 6.92. The number of ether oxygens (including phenoxy) is 2. The Labute approximate surface area is 151 Å². The summed E-state index contributed by atoms with van der Waals surface area (Å²) in [7, 11) is 0. The standard InChI is InChI=1S/C19H22N4O3/c1-11(2)26-17-8-14-15(19(24)23-16(14)10-20-17)7-13-9-21-18(22-13)12-3-5-25-6-4-12/h7-12H,3-6H2,1-2H3,(H,21,22)(H,23,24). The molecule has 1 fully saturated rings. The topological polar surface area (TPSA) is 89.1 Å². The number of nitrogens with one attached hydrogen (secondary N) is 2. The average Bonchev–Trinajstić information content (AvgIpc) is 3.21. The van der Waals surface area contributed by atoms with Gasteiger partial charge in [-0.1, -0.05) is 0 Å². The zero-order valence-electron chi connectivity index (χ0n) is 14.9. The van der Waals surface area contributed by atoms with Gasteiger partial charge in [0.2, 0.25) is 5.88 Å². The minimum Gasteiger partial charge on any atom is -0.475 e. The first-order chi connectivity index (χ1) is 12.6. The number of hydrogen-bond acceptors (Lipinski definition) is 5. The highest BCUT2D eigenvalue weighted by Crippen LogP contribution is 2.34. The van der Waals surface area contributed by atoms with Gasteiger partial charge in [0, 0.05) is 30.8 Å². The quantitative estimate of drug-likeness (QED) is 0.824. The fourth-order valence-electron chi connectivity index (χ4n) is 3.28. The van der Waals surface area contributed by atoms with E-state index in [-0.39, 0.29) is 12.0 Å². The summed E-state index contributed by atoms with van der Waals surface area (Å²) in [5, 5.41) is 2.84. The maximum absolute atomic E-state index is 12.4. The summed E-state index contributed by atoms with van der Waals surface area (Å²) in [5.74, 6) is 1.70. The van der Waals surface area contributed by atoms with Crippen molar-refractivity contribution in [2.24, 2.45) is 0 Å². The number of anilines is 1. The molecule has 2 aliphatic rings. The van der Waals surface area contributed by atoms with E-state index in [4.69, 9.17) is 9.47 Å². The number of carbonyl (C=O) groups is 1. The number of imidazole rings is 1. The Hall–Kier alpha value is -2.67. The number of hydrogen-bond donors (Lipinski definition) is 2. The van der Waals surface area contributed by atoms with E-state index in [1.165, 1.54) is 0 Å². The van der Waals surface area contributed by atoms with Gasteiger partial charge in [-0.05, 0) is 32.8 Å². The van der Waals surface area contributed by atoms with Crippen LogP contribution in [0, 0.1) is 0 Å². The molecule has 0 unspecified atom stereocenters. The van der Waals surface area contributed by atoms with E-state index in [9.17, 15) is 4.79 Å². The summed E-state index contributed by atoms with van der Waals surface area (Å²) in [6, 6.07) is 1.80. The molecular weight excluding hydrogens is 332 g/mol. The number of amides is 1. The van der Waals surface area contributed by atoms with Gasteiger partial charge in [-0.3, -0.25) is 4.79 Å². The Morgan fingerprint density at radius 3 is 2.85 bits per heavy atom. The highest BCUT2D eigenvalue weighted by molar-refractivity contribution is 6.34. The molecule has 0 bridgehead atoms. The van der Waals surface area contributed by atoms with Crippen LogP contribution in [0.3, 0.4) is 0 Å². The first-order valence-corrected chi connectivity index (χ1v) is 8.93. The van der Waals surface area contributed by atoms with Crippen LogP contribution in [0.5, 0.6) is 5.88 Å². The fourth-order valence-corrected chi connectivity index (χ4v) is 3.28. The zero-order valence-corrected chi connectivity index (χ0v) is 14.9. The summed E-state index contributed by atoms with van der Waals surface area (Å²) in [5.41, 5.74) is 2.88. The Bertz CT molecular complexity index is 850. The summed E-state index contributed by atoms with van der Waals surface area (Å²) < 4.78 is 11.1. The Balaban J connectivity index is 1.62. The van der Waals surface area contributed by atoms with Gasteiger partial charge >= 0.3 is 0 Å². The maximum atomic E-state index is 12.4. The van der Waals surface area contributed by atoms with Crippen molar-refractivity contribution in [1.29, 1.82) is 0 Å². The number of rotatable bonds is 4. The van der Waals surface area contributed by atoms with Crippen LogP contribution in [0.15, 0.2) is 18.5 Å². The molecule has 0 aromatic carbocycles. The van der Waals surface area contributed by atoms with Crippen LogP contribution in [-0.4, -0.2) is 40.2 Å². The predicted molar refractivity (Wildman–Crippen MR) is 97.9 cm³/mol. The van der Waals surface area contributed by atoms with Gasteiger partial charge < -0.3 is 19.8 Å². The lowest BCUT2D eigenvalue weighted by Crippen LogP contribution is -2.15. The molecule has 7 nitrogen and oxygen atoms in total. The smallest absolute Gasteiger partial charge is 0.256 e. The number of pyridine rings is 1. The third kappa shape index (κ3) is 3.35. The minimum absolute atomic E-state index is 0.0210. The van der Waals surface area contributed by atoms with Gasteiger partial charge in [-0.25, -0.2) is 9.97 Å². The predicted octanol–water partition coefficient (Wildman–Crippen LogP) is 2.98. The molecule has 1 amide bonds. The monoisotopic (exact) mass is 354 g/mol. The largest absolute Gasteiger partial charge is 0.475 e. The second-order valence-corrected chi connectivity index (χ2v) is 6.86. The minimum atomic E-state index is -0.147. The number of carbonyl (C=O) groups excluding carboxylic acids is 1. The van der Waals surface area contributed by atoms with Crippen molar-refractivity contribution >= 4 is 23.2 Å². The maximum Gasteiger partial charge on any atom is 0.256 e. The Morgan fingerprint density at radius 2 is 2.08 bits per heavy atom. The van der Waals surface area contributed by atoms with Crippen LogP contribution in [0.4, 0.5) is 5.69 Å². The van der Waals surface area contributed by atoms with Crippen molar-refractivity contribution in [2.45, 2.75) is 38.7 Å². The summed E-state index contributed by atoms with van der Waals surface area (Å²) >= 11 is 0. The molecule has 0 saturated carbocycles. The van der Waals surface area contributed by atoms with Gasteiger partial charge in [0.15, 0.2) is 0 Å². The molecule has 7 heteroatoms. The molecule has 2 aromatic rings. The van der Waals surface area contributed by atoms with Crippen molar-refractivity contribution in [3.8, 4) is 5.88 Å². The summed E-state index contributed by atoms with van der Waals surface area (Å²) in [6.45, 7) is 5.42. The van der Waals surface area contributed by atoms with E-state index in [0.29, 0.717) is 23.1 Å². The average molecular weight is 354 g/mol. The molecule has 0 atom stereocenters. The Kier molecular flexibility index (Phi) is 4.46. The van der Waals surface area contributed by atoms with E-state index >= 15 is 0 Å². The first kappa shape index (κ1) is 16.8. The van der Waals surface area contributed by atoms with Gasteiger partial charge in [-0.2, -0.15) is 0 Å². The zero-order chi connectivity index (χ0) is 18.1. The molecule has 4 rings (SSSR count). The number of fused-ring (bicyclic) bond motifs is 1. The molecular formula is C19H22N4O3. The molecule has 2 aliphatic heterocycles. The van der Waals surface area contributed by atoms with E-state index < -0.39 is 0 Å². The molecule has 2 aromatic heterocycles. The van der Waals surface area contributed by atoms with Crippen LogP contribution >= 0.6 is 0 Å². The lowest BCUT2D eigenvalue weighted by molar-refractivity contribution is -0.110. The van der Waals surface area contributed by atoms with Crippen LogP contribution in [0.2, 0.25) is 0 Å². The molecule has 2 N–H and O–H groups in total. The molecule has 0 aliphatic carbocycles. The van der Waals surface area contributed by atoms with Crippen LogP contribution in [0.25, 0.3) is 11.6 Å². The normalized spacial score (nSPS) is 19.0. The van der Waals surface area contributed by atoms with E-state index in [2.05, 4.69) is 20.3 Å². The van der Waals surface area contributed by atoms with E-state index in [1.54, 1.807) is 18.5 Å². The van der Waals surface area contributed by atoms with E-state index in [1.807, 2.05) is 19.9 Å². The second-order valence-electron chi connectivity index (χ2n) is 6.86. The third-order valence-corrected chi connectivity index (χ3v) is 4.54. The van der Waals surface area contributed by atoms with Gasteiger partial charge in [0.25, 0.3) is 5.91 Å². The van der Waals surface area contributed by atoms with Crippen LogP contribution in [-0.2, 0) is 9.53 Å². The van der Waals surface area contributed by atoms with Crippen molar-refractivity contribution in [1.82, 2.24) is 15.0 Å². The summed E-state index contributed by atoms with van der Waals surface area (Å²) in [6.07, 6.45) is 7.19. The fraction of sp³-hybridized carbons (Fsp3) is 0.421. The number of nitrogens with zero attached hydrogens (tertiary/aromatic N) is 2. The van der Waals surface area contributed by atoms with Crippen molar-refractivity contribution < 1.29 is 14.3 Å². The van der Waals surface area contributed by atoms with Crippen molar-refractivity contribution in [3.63, 3.8) is 0 Å². The number of aromatic nitrogens is 3. The van der Waals surface area contributed by atoms with Crippen molar-refractivity contribution in [3.05, 3.63) is 35.5 Å². The third-order valence-electron chi connectivity index (χ3n) is 4.54. The lowest BCUT2D eigenvalue weighted by Gasteiger charge is -2.19. The van der Waals surface area contributed by atoms with Crippen molar-refractivity contribution in [2.75, 3.05) is 18.5 Å². The summed E-state index contributed by atoms with van der Waals surface area (Å²) in [4.78, 5) is 24.4. The molecule has 0 spiro atoms. The highest BCUT2D eigenvalue weighted by atomic mass is 16.5. The lowest BCUT2D eigenvalue weighted by atomic mass is 10.00. The van der Waals surface area contributed by atoms with E-state index in [0.717, 1.165) is 43.1 Å². The highest BCUT2D eigenvalue weighted by Gasteiger charge is 2.26. The van der Waals surface area contributed by atoms with Gasteiger partial charge in [0.1, 0.15) is 5.82 Å². The number of H-pyrrole nitrogens is 1. The number of aromatic amines is 1. The van der Waals surface area contributed by atoms with Crippen LogP contribution < -0.4 is 10.1 Å². The Morgan fingerprint density at radius 1 is 1.27 bits per heavy atom. The van der Waals surface area contributed by atoms with Crippen LogP contribution in [0.1, 0.15) is 49.7 Å². The van der Waals surface area contributed by atoms with Gasteiger partial charge in [-0.15, -0.1) is 0 Å². The molecule has 1 saturated heterocycles.